The number of methoxy groups -OCH3 is 1. The number of aliphatic hydroxyl groups is 1. The number of hydrogen-bond donors (Lipinski definition) is 2. The largest absolute Gasteiger partial charge is 0.465 e. The van der Waals surface area contributed by atoms with Crippen LogP contribution < -0.4 is 10.2 Å². The van der Waals surface area contributed by atoms with Crippen molar-refractivity contribution < 1.29 is 23.8 Å². The number of aryl methyl sites for hydroxylation is 1. The Balaban J connectivity index is 1.65. The average molecular weight is 430 g/mol. The number of rotatable bonds is 5. The van der Waals surface area contributed by atoms with E-state index in [0.717, 1.165) is 35.8 Å². The van der Waals surface area contributed by atoms with Crippen LogP contribution in [0.1, 0.15) is 39.6 Å². The van der Waals surface area contributed by atoms with E-state index in [2.05, 4.69) is 20.2 Å². The average Bonchev–Trinajstić information content (AvgIpc) is 3.38. The highest BCUT2D eigenvalue weighted by atomic mass is 32.1. The molecule has 10 heteroatoms. The fraction of sp³-hybridized carbons (Fsp3) is 0.400. The van der Waals surface area contributed by atoms with E-state index < -0.39 is 11.9 Å². The molecule has 3 aromatic rings. The number of piperidine rings is 1. The van der Waals surface area contributed by atoms with Crippen molar-refractivity contribution in [1.29, 1.82) is 0 Å². The molecule has 30 heavy (non-hydrogen) atoms. The van der Waals surface area contributed by atoms with Gasteiger partial charge in [-0.3, -0.25) is 4.79 Å². The molecule has 1 amide bonds. The lowest BCUT2D eigenvalue weighted by Crippen LogP contribution is -2.34. The number of nitrogens with zero attached hydrogens (tertiary/aromatic N) is 3. The summed E-state index contributed by atoms with van der Waals surface area (Å²) in [5, 5.41) is 12.9. The standard InChI is InChI=1S/C20H22N4O5S/c1-11-21-16(10-29-11)18(26)22-14-8-17-15(7-13(14)19(27)28-2)23-20(30-17)24-5-3-12(9-25)4-6-24/h7-8,10,12,25H,3-6,9H2,1-2H3,(H,22,26). The molecule has 1 aliphatic rings. The van der Waals surface area contributed by atoms with Gasteiger partial charge < -0.3 is 24.5 Å². The van der Waals surface area contributed by atoms with Crippen molar-refractivity contribution in [3.05, 3.63) is 35.5 Å². The molecule has 0 unspecified atom stereocenters. The maximum atomic E-state index is 12.5. The van der Waals surface area contributed by atoms with Gasteiger partial charge in [-0.2, -0.15) is 0 Å². The van der Waals surface area contributed by atoms with Gasteiger partial charge in [0.2, 0.25) is 0 Å². The summed E-state index contributed by atoms with van der Waals surface area (Å²) in [5.41, 5.74) is 1.33. The number of anilines is 2. The van der Waals surface area contributed by atoms with E-state index in [4.69, 9.17) is 9.15 Å². The molecule has 0 aliphatic carbocycles. The minimum atomic E-state index is -0.568. The number of carbonyl (C=O) groups is 2. The number of hydrogen-bond acceptors (Lipinski definition) is 9. The van der Waals surface area contributed by atoms with Crippen molar-refractivity contribution in [2.24, 2.45) is 5.92 Å². The van der Waals surface area contributed by atoms with Crippen molar-refractivity contribution in [1.82, 2.24) is 9.97 Å². The van der Waals surface area contributed by atoms with Crippen LogP contribution in [0.4, 0.5) is 10.8 Å². The van der Waals surface area contributed by atoms with E-state index in [1.807, 2.05) is 0 Å². The number of esters is 1. The number of carbonyl (C=O) groups excluding carboxylic acids is 2. The number of nitrogens with one attached hydrogen (secondary N) is 1. The van der Waals surface area contributed by atoms with Crippen molar-refractivity contribution in [2.75, 3.05) is 37.0 Å². The first-order valence-electron chi connectivity index (χ1n) is 9.60. The van der Waals surface area contributed by atoms with Gasteiger partial charge in [0.15, 0.2) is 16.7 Å². The number of amides is 1. The van der Waals surface area contributed by atoms with Crippen LogP contribution >= 0.6 is 11.3 Å². The molecule has 0 saturated carbocycles. The molecule has 3 heterocycles. The summed E-state index contributed by atoms with van der Waals surface area (Å²) in [6.45, 7) is 3.50. The van der Waals surface area contributed by atoms with Crippen LogP contribution in [0, 0.1) is 12.8 Å². The number of oxazole rings is 1. The maximum absolute atomic E-state index is 12.5. The second kappa shape index (κ2) is 8.41. The molecule has 0 radical (unpaired) electrons. The number of benzene rings is 1. The quantitative estimate of drug-likeness (QED) is 0.594. The fourth-order valence-corrected chi connectivity index (χ4v) is 4.48. The number of aliphatic hydroxyl groups excluding tert-OH is 1. The van der Waals surface area contributed by atoms with Gasteiger partial charge in [0, 0.05) is 26.6 Å². The van der Waals surface area contributed by atoms with Crippen LogP contribution in [0.15, 0.2) is 22.8 Å². The van der Waals surface area contributed by atoms with E-state index >= 15 is 0 Å². The minimum Gasteiger partial charge on any atom is -0.465 e. The predicted octanol–water partition coefficient (Wildman–Crippen LogP) is 2.84. The summed E-state index contributed by atoms with van der Waals surface area (Å²) in [5.74, 6) is -0.335. The second-order valence-electron chi connectivity index (χ2n) is 7.17. The molecule has 158 valence electrons. The zero-order valence-corrected chi connectivity index (χ0v) is 17.5. The zero-order chi connectivity index (χ0) is 21.3. The maximum Gasteiger partial charge on any atom is 0.340 e. The lowest BCUT2D eigenvalue weighted by atomic mass is 9.98. The molecule has 2 aromatic heterocycles. The Morgan fingerprint density at radius 1 is 1.33 bits per heavy atom. The minimum absolute atomic E-state index is 0.125. The molecule has 1 fully saturated rings. The molecule has 1 saturated heterocycles. The number of ether oxygens (including phenoxy) is 1. The summed E-state index contributed by atoms with van der Waals surface area (Å²) < 4.78 is 10.8. The highest BCUT2D eigenvalue weighted by Gasteiger charge is 2.23. The third kappa shape index (κ3) is 4.01. The van der Waals surface area contributed by atoms with Crippen molar-refractivity contribution >= 4 is 44.2 Å². The van der Waals surface area contributed by atoms with Crippen molar-refractivity contribution in [3.8, 4) is 0 Å². The van der Waals surface area contributed by atoms with E-state index in [-0.39, 0.29) is 17.9 Å². The molecule has 0 spiro atoms. The van der Waals surface area contributed by atoms with Gasteiger partial charge >= 0.3 is 5.97 Å². The van der Waals surface area contributed by atoms with Crippen molar-refractivity contribution in [3.63, 3.8) is 0 Å². The molecule has 4 rings (SSSR count). The third-order valence-corrected chi connectivity index (χ3v) is 6.24. The van der Waals surface area contributed by atoms with Gasteiger partial charge in [0.05, 0.1) is 28.6 Å². The highest BCUT2D eigenvalue weighted by Crippen LogP contribution is 2.35. The lowest BCUT2D eigenvalue weighted by molar-refractivity contribution is 0.0602. The molecule has 9 nitrogen and oxygen atoms in total. The first kappa shape index (κ1) is 20.3. The van der Waals surface area contributed by atoms with Gasteiger partial charge in [0.1, 0.15) is 6.26 Å². The van der Waals surface area contributed by atoms with Gasteiger partial charge in [0.25, 0.3) is 5.91 Å². The Labute approximate surface area is 176 Å². The molecular weight excluding hydrogens is 408 g/mol. The smallest absolute Gasteiger partial charge is 0.340 e. The Hall–Kier alpha value is -2.98. The normalized spacial score (nSPS) is 14.8. The van der Waals surface area contributed by atoms with E-state index in [1.165, 1.54) is 24.7 Å². The highest BCUT2D eigenvalue weighted by molar-refractivity contribution is 7.22. The first-order valence-corrected chi connectivity index (χ1v) is 10.4. The zero-order valence-electron chi connectivity index (χ0n) is 16.7. The monoisotopic (exact) mass is 430 g/mol. The molecule has 1 aromatic carbocycles. The summed E-state index contributed by atoms with van der Waals surface area (Å²) in [6, 6.07) is 3.36. The van der Waals surface area contributed by atoms with E-state index in [9.17, 15) is 14.7 Å². The van der Waals surface area contributed by atoms with Gasteiger partial charge in [-0.15, -0.1) is 0 Å². The van der Waals surface area contributed by atoms with Crippen molar-refractivity contribution in [2.45, 2.75) is 19.8 Å². The van der Waals surface area contributed by atoms with Crippen LogP contribution in [0.3, 0.4) is 0 Å². The number of fused-ring (bicyclic) bond motifs is 1. The predicted molar refractivity (Wildman–Crippen MR) is 112 cm³/mol. The van der Waals surface area contributed by atoms with Crippen LogP contribution in [0.5, 0.6) is 0 Å². The first-order chi connectivity index (χ1) is 14.5. The van der Waals surface area contributed by atoms with E-state index in [0.29, 0.717) is 23.0 Å². The van der Waals surface area contributed by atoms with Crippen LogP contribution in [0.25, 0.3) is 10.2 Å². The molecule has 0 bridgehead atoms. The SMILES string of the molecule is COC(=O)c1cc2nc(N3CCC(CO)CC3)sc2cc1NC(=O)c1coc(C)n1. The van der Waals surface area contributed by atoms with E-state index in [1.54, 1.807) is 19.1 Å². The Morgan fingerprint density at radius 2 is 2.10 bits per heavy atom. The topological polar surface area (TPSA) is 118 Å². The third-order valence-electron chi connectivity index (χ3n) is 5.16. The Bertz CT molecular complexity index is 1080. The van der Waals surface area contributed by atoms with Crippen LogP contribution in [0.2, 0.25) is 0 Å². The molecule has 2 N–H and O–H groups in total. The Kier molecular flexibility index (Phi) is 5.69. The number of aromatic nitrogens is 2. The number of thiazole rings is 1. The fourth-order valence-electron chi connectivity index (χ4n) is 3.44. The van der Waals surface area contributed by atoms with Gasteiger partial charge in [-0.25, -0.2) is 14.8 Å². The molecule has 0 atom stereocenters. The van der Waals surface area contributed by atoms with Crippen LogP contribution in [-0.4, -0.2) is 53.8 Å². The lowest BCUT2D eigenvalue weighted by Gasteiger charge is -2.30. The summed E-state index contributed by atoms with van der Waals surface area (Å²) >= 11 is 1.50. The van der Waals surface area contributed by atoms with Crippen LogP contribution in [-0.2, 0) is 4.74 Å². The summed E-state index contributed by atoms with van der Waals surface area (Å²) in [6.07, 6.45) is 3.10. The molecular formula is C20H22N4O5S. The molecule has 1 aliphatic heterocycles. The second-order valence-corrected chi connectivity index (χ2v) is 8.18. The summed E-state index contributed by atoms with van der Waals surface area (Å²) in [4.78, 5) is 35.7. The Morgan fingerprint density at radius 3 is 2.73 bits per heavy atom. The van der Waals surface area contributed by atoms with Gasteiger partial charge in [-0.05, 0) is 30.9 Å². The van der Waals surface area contributed by atoms with Gasteiger partial charge in [-0.1, -0.05) is 11.3 Å². The summed E-state index contributed by atoms with van der Waals surface area (Å²) in [7, 11) is 1.29.